The molecule has 230 valence electrons. The summed E-state index contributed by atoms with van der Waals surface area (Å²) in [7, 11) is 3.11. The Morgan fingerprint density at radius 1 is 1.00 bits per heavy atom. The number of carbonyl (C=O) groups is 2. The lowest BCUT2D eigenvalue weighted by atomic mass is 9.70. The summed E-state index contributed by atoms with van der Waals surface area (Å²) in [5.41, 5.74) is 0.674. The van der Waals surface area contributed by atoms with Gasteiger partial charge >= 0.3 is 5.97 Å². The summed E-state index contributed by atoms with van der Waals surface area (Å²) in [6, 6.07) is 0. The molecule has 9 heteroatoms. The lowest BCUT2D eigenvalue weighted by Crippen LogP contribution is -2.59. The highest BCUT2D eigenvalue weighted by molar-refractivity contribution is 5.99. The van der Waals surface area contributed by atoms with E-state index in [1.165, 1.54) is 0 Å². The van der Waals surface area contributed by atoms with Gasteiger partial charge in [0.05, 0.1) is 24.7 Å². The van der Waals surface area contributed by atoms with E-state index < -0.39 is 42.7 Å². The molecule has 2 aliphatic heterocycles. The molecule has 0 aromatic carbocycles. The van der Waals surface area contributed by atoms with Gasteiger partial charge in [0.2, 0.25) is 0 Å². The van der Waals surface area contributed by atoms with Gasteiger partial charge in [0.1, 0.15) is 24.4 Å². The smallest absolute Gasteiger partial charge is 0.306 e. The van der Waals surface area contributed by atoms with Gasteiger partial charge in [-0.2, -0.15) is 0 Å². The minimum absolute atomic E-state index is 0.0274. The number of allylic oxidation sites excluding steroid dienone is 4. The van der Waals surface area contributed by atoms with E-state index in [4.69, 9.17) is 23.7 Å². The van der Waals surface area contributed by atoms with Crippen LogP contribution < -0.4 is 0 Å². The molecule has 0 unspecified atom stereocenters. The van der Waals surface area contributed by atoms with Gasteiger partial charge in [0.25, 0.3) is 0 Å². The normalized spacial score (nSPS) is 47.0. The largest absolute Gasteiger partial charge is 0.462 e. The van der Waals surface area contributed by atoms with Crippen LogP contribution in [0.15, 0.2) is 23.8 Å². The summed E-state index contributed by atoms with van der Waals surface area (Å²) in [6.07, 6.45) is 6.92. The van der Waals surface area contributed by atoms with Gasteiger partial charge in [0, 0.05) is 26.1 Å². The van der Waals surface area contributed by atoms with Crippen molar-refractivity contribution in [2.45, 2.75) is 115 Å². The Bertz CT molecular complexity index is 1010. The Labute approximate surface area is 243 Å². The summed E-state index contributed by atoms with van der Waals surface area (Å²) >= 11 is 0. The molecule has 3 fully saturated rings. The number of Topliss-reactive ketones (excluding diaryl/α,β-unsaturated/α-hetero) is 1. The van der Waals surface area contributed by atoms with Crippen LogP contribution in [-0.4, -0.2) is 85.2 Å². The minimum atomic E-state index is -0.819. The van der Waals surface area contributed by atoms with Gasteiger partial charge in [-0.3, -0.25) is 9.59 Å². The van der Waals surface area contributed by atoms with Crippen molar-refractivity contribution in [3.05, 3.63) is 23.8 Å². The van der Waals surface area contributed by atoms with Crippen LogP contribution in [0.5, 0.6) is 0 Å². The molecule has 0 aromatic heterocycles. The fourth-order valence-electron chi connectivity index (χ4n) is 8.00. The molecule has 2 N–H and O–H groups in total. The van der Waals surface area contributed by atoms with Crippen LogP contribution in [0.3, 0.4) is 0 Å². The lowest BCUT2D eigenvalue weighted by molar-refractivity contribution is -0.311. The molecule has 1 saturated carbocycles. The number of ether oxygens (including phenoxy) is 5. The SMILES string of the molecule is CC[C@H]1CCC[C@H](O)[C@@H](C)C(=O)C2=C[C@@H]3[C@@H](C=C[C@@H]4C[C@@H](O[C@@H]5O[C@@H](C)[C@H](O)[C@@H](OC)[C@H]5OC)C[C@@H]34)[C@@H]2CC(=O)O1. The maximum absolute atomic E-state index is 13.7. The number of ketones is 1. The second kappa shape index (κ2) is 12.9. The molecule has 2 saturated heterocycles. The van der Waals surface area contributed by atoms with Crippen molar-refractivity contribution in [3.8, 4) is 0 Å². The number of esters is 1. The predicted octanol–water partition coefficient (Wildman–Crippen LogP) is 3.35. The molecule has 41 heavy (non-hydrogen) atoms. The first-order chi connectivity index (χ1) is 19.7. The van der Waals surface area contributed by atoms with Gasteiger partial charge in [-0.05, 0) is 74.7 Å². The van der Waals surface area contributed by atoms with Crippen molar-refractivity contribution in [1.29, 1.82) is 0 Å². The maximum Gasteiger partial charge on any atom is 0.306 e. The summed E-state index contributed by atoms with van der Waals surface area (Å²) in [5, 5.41) is 21.4. The molecular weight excluding hydrogens is 528 g/mol. The zero-order chi connectivity index (χ0) is 29.4. The monoisotopic (exact) mass is 576 g/mol. The zero-order valence-electron chi connectivity index (χ0n) is 25.0. The first-order valence-corrected chi connectivity index (χ1v) is 15.5. The highest BCUT2D eigenvalue weighted by Crippen LogP contribution is 2.54. The Morgan fingerprint density at radius 3 is 2.46 bits per heavy atom. The summed E-state index contributed by atoms with van der Waals surface area (Å²) in [5.74, 6) is -0.410. The molecule has 0 aromatic rings. The van der Waals surface area contributed by atoms with Gasteiger partial charge < -0.3 is 33.9 Å². The third-order valence-electron chi connectivity index (χ3n) is 10.4. The average Bonchev–Trinajstić information content (AvgIpc) is 3.53. The van der Waals surface area contributed by atoms with Crippen LogP contribution in [0, 0.1) is 35.5 Å². The third-order valence-corrected chi connectivity index (χ3v) is 10.4. The molecule has 0 radical (unpaired) electrons. The maximum atomic E-state index is 13.7. The van der Waals surface area contributed by atoms with Crippen molar-refractivity contribution < 1.29 is 43.5 Å². The third kappa shape index (κ3) is 6.08. The number of cyclic esters (lactones) is 1. The quantitative estimate of drug-likeness (QED) is 0.375. The summed E-state index contributed by atoms with van der Waals surface area (Å²) < 4.78 is 29.5. The van der Waals surface area contributed by atoms with Crippen LogP contribution >= 0.6 is 0 Å². The molecule has 0 amide bonds. The predicted molar refractivity (Wildman–Crippen MR) is 150 cm³/mol. The molecule has 0 spiro atoms. The number of rotatable bonds is 5. The van der Waals surface area contributed by atoms with Crippen LogP contribution in [-0.2, 0) is 33.3 Å². The molecule has 3 aliphatic carbocycles. The highest BCUT2D eigenvalue weighted by atomic mass is 16.7. The van der Waals surface area contributed by atoms with E-state index in [0.717, 1.165) is 19.3 Å². The van der Waals surface area contributed by atoms with Crippen LogP contribution in [0.25, 0.3) is 0 Å². The number of carbonyl (C=O) groups excluding carboxylic acids is 2. The van der Waals surface area contributed by atoms with E-state index in [9.17, 15) is 19.8 Å². The number of hydrogen-bond donors (Lipinski definition) is 2. The lowest BCUT2D eigenvalue weighted by Gasteiger charge is -2.43. The number of aliphatic hydroxyl groups excluding tert-OH is 2. The highest BCUT2D eigenvalue weighted by Gasteiger charge is 2.52. The van der Waals surface area contributed by atoms with Crippen molar-refractivity contribution >= 4 is 11.8 Å². The second-order valence-electron chi connectivity index (χ2n) is 12.8. The molecule has 5 aliphatic rings. The van der Waals surface area contributed by atoms with Crippen LogP contribution in [0.1, 0.15) is 65.7 Å². The number of hydrogen-bond acceptors (Lipinski definition) is 9. The minimum Gasteiger partial charge on any atom is -0.462 e. The standard InChI is InChI=1S/C32H48O9/c1-6-19-8-7-9-26(33)16(2)28(35)25-14-23-21(24(25)15-27(34)40-19)11-10-18-12-20(13-22(18)23)41-32-31(38-5)30(37-4)29(36)17(3)39-32/h10-11,14,16-24,26,29-33,36H,6-9,12-13,15H2,1-5H3/t16-,17+,18-,19+,20-,21-,22-,23-,24+,26+,29+,30-,31-,32+/m1/s1. The topological polar surface area (TPSA) is 121 Å². The van der Waals surface area contributed by atoms with Crippen LogP contribution in [0.4, 0.5) is 0 Å². The Balaban J connectivity index is 1.35. The molecule has 2 heterocycles. The van der Waals surface area contributed by atoms with Gasteiger partial charge in [-0.15, -0.1) is 0 Å². The van der Waals surface area contributed by atoms with E-state index in [2.05, 4.69) is 18.2 Å². The van der Waals surface area contributed by atoms with E-state index in [-0.39, 0.29) is 60.0 Å². The van der Waals surface area contributed by atoms with Crippen molar-refractivity contribution in [1.82, 2.24) is 0 Å². The second-order valence-corrected chi connectivity index (χ2v) is 12.8. The Hall–Kier alpha value is -1.62. The van der Waals surface area contributed by atoms with Gasteiger partial charge in [-0.1, -0.05) is 32.1 Å². The first-order valence-electron chi connectivity index (χ1n) is 15.5. The Kier molecular flexibility index (Phi) is 9.73. The van der Waals surface area contributed by atoms with E-state index in [1.54, 1.807) is 21.1 Å². The fourth-order valence-corrected chi connectivity index (χ4v) is 8.00. The van der Waals surface area contributed by atoms with E-state index >= 15 is 0 Å². The first kappa shape index (κ1) is 30.8. The zero-order valence-corrected chi connectivity index (χ0v) is 25.0. The van der Waals surface area contributed by atoms with Crippen molar-refractivity contribution in [2.24, 2.45) is 35.5 Å². The van der Waals surface area contributed by atoms with Gasteiger partial charge in [-0.25, -0.2) is 0 Å². The van der Waals surface area contributed by atoms with Crippen molar-refractivity contribution in [3.63, 3.8) is 0 Å². The fraction of sp³-hybridized carbons (Fsp3) is 0.812. The number of fused-ring (bicyclic) bond motifs is 5. The summed E-state index contributed by atoms with van der Waals surface area (Å²) in [4.78, 5) is 26.8. The Morgan fingerprint density at radius 2 is 1.76 bits per heavy atom. The van der Waals surface area contributed by atoms with Crippen molar-refractivity contribution in [2.75, 3.05) is 14.2 Å². The summed E-state index contributed by atoms with van der Waals surface area (Å²) in [6.45, 7) is 5.63. The molecule has 9 nitrogen and oxygen atoms in total. The number of aliphatic hydroxyl groups is 2. The van der Waals surface area contributed by atoms with Gasteiger partial charge in [0.15, 0.2) is 12.1 Å². The van der Waals surface area contributed by atoms with Crippen LogP contribution in [0.2, 0.25) is 0 Å². The van der Waals surface area contributed by atoms with E-state index in [1.807, 2.05) is 13.8 Å². The molecule has 14 atom stereocenters. The molecular formula is C32H48O9. The molecule has 0 bridgehead atoms. The van der Waals surface area contributed by atoms with E-state index in [0.29, 0.717) is 24.8 Å². The molecule has 5 rings (SSSR count). The number of methoxy groups -OCH3 is 2. The average molecular weight is 577 g/mol.